The lowest BCUT2D eigenvalue weighted by Gasteiger charge is -2.09. The fourth-order valence-electron chi connectivity index (χ4n) is 3.15. The van der Waals surface area contributed by atoms with Crippen LogP contribution in [0, 0.1) is 6.92 Å². The van der Waals surface area contributed by atoms with E-state index >= 15 is 0 Å². The number of nitrogens with one attached hydrogen (secondary N) is 1. The Balaban J connectivity index is 1.80. The van der Waals surface area contributed by atoms with Gasteiger partial charge in [-0.05, 0) is 31.4 Å². The lowest BCUT2D eigenvalue weighted by molar-refractivity contribution is 0.102. The third-order valence-corrected chi connectivity index (χ3v) is 5.15. The highest BCUT2D eigenvalue weighted by Crippen LogP contribution is 2.27. The molecule has 1 amide bonds. The number of pyridine rings is 2. The van der Waals surface area contributed by atoms with Gasteiger partial charge in [0.25, 0.3) is 5.91 Å². The number of aromatic nitrogens is 4. The Morgan fingerprint density at radius 1 is 1.14 bits per heavy atom. The number of anilines is 1. The Bertz CT molecular complexity index is 1150. The van der Waals surface area contributed by atoms with E-state index in [9.17, 15) is 4.79 Å². The normalized spacial score (nSPS) is 11.0. The van der Waals surface area contributed by atoms with E-state index in [2.05, 4.69) is 15.4 Å². The fraction of sp³-hybridized carbons (Fsp3) is 0.143. The summed E-state index contributed by atoms with van der Waals surface area (Å²) in [5.41, 5.74) is 4.32. The number of nitrogens with zero attached hydrogens (tertiary/aromatic N) is 4. The van der Waals surface area contributed by atoms with E-state index in [1.165, 1.54) is 0 Å². The first-order valence-corrected chi connectivity index (χ1v) is 10.0. The van der Waals surface area contributed by atoms with E-state index in [0.29, 0.717) is 16.9 Å². The van der Waals surface area contributed by atoms with E-state index in [0.717, 1.165) is 27.4 Å². The van der Waals surface area contributed by atoms with Crippen LogP contribution in [-0.2, 0) is 7.05 Å². The molecule has 0 radical (unpaired) electrons. The van der Waals surface area contributed by atoms with Crippen molar-refractivity contribution in [1.29, 1.82) is 0 Å². The second kappa shape index (κ2) is 7.44. The second-order valence-electron chi connectivity index (χ2n) is 6.37. The molecule has 140 valence electrons. The minimum atomic E-state index is -0.209. The summed E-state index contributed by atoms with van der Waals surface area (Å²) in [6, 6.07) is 15.4. The molecule has 0 spiro atoms. The van der Waals surface area contributed by atoms with Gasteiger partial charge in [-0.25, -0.2) is 9.97 Å². The van der Waals surface area contributed by atoms with Crippen LogP contribution in [0.25, 0.3) is 22.3 Å². The SMILES string of the molecule is CSc1ccc(NC(=O)c2cc(-c3ccccc3)nc3c2c(C)nn3C)cn1. The maximum Gasteiger partial charge on any atom is 0.256 e. The van der Waals surface area contributed by atoms with Gasteiger partial charge in [-0.15, -0.1) is 11.8 Å². The zero-order chi connectivity index (χ0) is 19.7. The summed E-state index contributed by atoms with van der Waals surface area (Å²) in [4.78, 5) is 22.2. The van der Waals surface area contributed by atoms with E-state index in [1.807, 2.05) is 68.8 Å². The predicted molar refractivity (Wildman–Crippen MR) is 113 cm³/mol. The third-order valence-electron chi connectivity index (χ3n) is 4.49. The Morgan fingerprint density at radius 3 is 2.61 bits per heavy atom. The number of amides is 1. The van der Waals surface area contributed by atoms with Crippen molar-refractivity contribution >= 4 is 34.4 Å². The zero-order valence-electron chi connectivity index (χ0n) is 15.8. The van der Waals surface area contributed by atoms with Crippen LogP contribution in [-0.4, -0.2) is 31.9 Å². The van der Waals surface area contributed by atoms with Crippen LogP contribution in [0.3, 0.4) is 0 Å². The van der Waals surface area contributed by atoms with Crippen molar-refractivity contribution in [2.75, 3.05) is 11.6 Å². The van der Waals surface area contributed by atoms with Crippen molar-refractivity contribution in [3.05, 3.63) is 66.0 Å². The molecule has 3 heterocycles. The molecule has 0 unspecified atom stereocenters. The monoisotopic (exact) mass is 389 g/mol. The summed E-state index contributed by atoms with van der Waals surface area (Å²) >= 11 is 1.56. The standard InChI is InChI=1S/C21H19N5OS/c1-13-19-16(21(27)23-15-9-10-18(28-3)22-12-15)11-17(14-7-5-4-6-8-14)24-20(19)26(2)25-13/h4-12H,1-3H3,(H,23,27). The van der Waals surface area contributed by atoms with Crippen LogP contribution < -0.4 is 5.32 Å². The number of fused-ring (bicyclic) bond motifs is 1. The molecule has 3 aromatic heterocycles. The van der Waals surface area contributed by atoms with Gasteiger partial charge in [0.2, 0.25) is 0 Å². The molecule has 7 heteroatoms. The van der Waals surface area contributed by atoms with Gasteiger partial charge in [0.1, 0.15) is 0 Å². The molecule has 28 heavy (non-hydrogen) atoms. The lowest BCUT2D eigenvalue weighted by atomic mass is 10.0. The average molecular weight is 389 g/mol. The quantitative estimate of drug-likeness (QED) is 0.527. The predicted octanol–water partition coefficient (Wildman–Crippen LogP) is 4.31. The number of thioether (sulfide) groups is 1. The van der Waals surface area contributed by atoms with Gasteiger partial charge in [0.05, 0.1) is 39.2 Å². The molecule has 0 aliphatic carbocycles. The topological polar surface area (TPSA) is 72.7 Å². The van der Waals surface area contributed by atoms with Crippen molar-refractivity contribution < 1.29 is 4.79 Å². The van der Waals surface area contributed by atoms with E-state index < -0.39 is 0 Å². The van der Waals surface area contributed by atoms with Crippen LogP contribution in [0.15, 0.2) is 59.8 Å². The van der Waals surface area contributed by atoms with Crippen molar-refractivity contribution in [2.45, 2.75) is 11.9 Å². The Labute approximate surface area is 167 Å². The molecule has 6 nitrogen and oxygen atoms in total. The Kier molecular flexibility index (Phi) is 4.83. The van der Waals surface area contributed by atoms with E-state index in [4.69, 9.17) is 4.98 Å². The summed E-state index contributed by atoms with van der Waals surface area (Å²) < 4.78 is 1.71. The summed E-state index contributed by atoms with van der Waals surface area (Å²) in [5.74, 6) is -0.209. The number of carbonyl (C=O) groups is 1. The van der Waals surface area contributed by atoms with Crippen LogP contribution >= 0.6 is 11.8 Å². The van der Waals surface area contributed by atoms with Crippen molar-refractivity contribution in [3.63, 3.8) is 0 Å². The van der Waals surface area contributed by atoms with Crippen LogP contribution in [0.2, 0.25) is 0 Å². The van der Waals surface area contributed by atoms with Gasteiger partial charge >= 0.3 is 0 Å². The molecule has 0 fully saturated rings. The number of hydrogen-bond donors (Lipinski definition) is 1. The average Bonchev–Trinajstić information content (AvgIpc) is 3.02. The van der Waals surface area contributed by atoms with Crippen molar-refractivity contribution in [1.82, 2.24) is 19.7 Å². The minimum absolute atomic E-state index is 0.209. The summed E-state index contributed by atoms with van der Waals surface area (Å²) in [6.07, 6.45) is 3.63. The molecule has 0 aliphatic heterocycles. The molecular formula is C21H19N5OS. The lowest BCUT2D eigenvalue weighted by Crippen LogP contribution is -2.13. The molecule has 0 saturated heterocycles. The van der Waals surface area contributed by atoms with Crippen LogP contribution in [0.5, 0.6) is 0 Å². The van der Waals surface area contributed by atoms with Gasteiger partial charge in [0.15, 0.2) is 5.65 Å². The molecule has 4 rings (SSSR count). The largest absolute Gasteiger partial charge is 0.321 e. The van der Waals surface area contributed by atoms with E-state index in [-0.39, 0.29) is 5.91 Å². The highest BCUT2D eigenvalue weighted by atomic mass is 32.2. The molecule has 4 aromatic rings. The molecule has 0 atom stereocenters. The zero-order valence-corrected chi connectivity index (χ0v) is 16.6. The maximum absolute atomic E-state index is 13.1. The Hall–Kier alpha value is -3.19. The van der Waals surface area contributed by atoms with Gasteiger partial charge < -0.3 is 5.32 Å². The number of benzene rings is 1. The molecular weight excluding hydrogens is 370 g/mol. The molecule has 0 bridgehead atoms. The van der Waals surface area contributed by atoms with Crippen molar-refractivity contribution in [2.24, 2.45) is 7.05 Å². The van der Waals surface area contributed by atoms with Gasteiger partial charge in [-0.3, -0.25) is 9.48 Å². The van der Waals surface area contributed by atoms with Gasteiger partial charge in [-0.1, -0.05) is 30.3 Å². The highest BCUT2D eigenvalue weighted by Gasteiger charge is 2.19. The number of rotatable bonds is 4. The molecule has 1 N–H and O–H groups in total. The summed E-state index contributed by atoms with van der Waals surface area (Å²) in [5, 5.41) is 9.06. The fourth-order valence-corrected chi connectivity index (χ4v) is 3.52. The minimum Gasteiger partial charge on any atom is -0.321 e. The van der Waals surface area contributed by atoms with E-state index in [1.54, 1.807) is 22.6 Å². The van der Waals surface area contributed by atoms with Crippen LogP contribution in [0.4, 0.5) is 5.69 Å². The first-order valence-electron chi connectivity index (χ1n) is 8.78. The molecule has 1 aromatic carbocycles. The Morgan fingerprint density at radius 2 is 1.93 bits per heavy atom. The third kappa shape index (κ3) is 3.36. The highest BCUT2D eigenvalue weighted by molar-refractivity contribution is 7.98. The molecule has 0 saturated carbocycles. The summed E-state index contributed by atoms with van der Waals surface area (Å²) in [6.45, 7) is 1.89. The van der Waals surface area contributed by atoms with Crippen LogP contribution in [0.1, 0.15) is 16.1 Å². The first kappa shape index (κ1) is 18.2. The number of aryl methyl sites for hydroxylation is 2. The number of hydrogen-bond acceptors (Lipinski definition) is 5. The second-order valence-corrected chi connectivity index (χ2v) is 7.20. The maximum atomic E-state index is 13.1. The van der Waals surface area contributed by atoms with Crippen molar-refractivity contribution in [3.8, 4) is 11.3 Å². The first-order chi connectivity index (χ1) is 13.6. The number of carbonyl (C=O) groups excluding carboxylic acids is 1. The molecule has 0 aliphatic rings. The smallest absolute Gasteiger partial charge is 0.256 e. The van der Waals surface area contributed by atoms with Gasteiger partial charge in [-0.2, -0.15) is 5.10 Å². The van der Waals surface area contributed by atoms with Gasteiger partial charge in [0, 0.05) is 12.6 Å². The summed E-state index contributed by atoms with van der Waals surface area (Å²) in [7, 11) is 1.84.